The van der Waals surface area contributed by atoms with E-state index in [4.69, 9.17) is 14.2 Å². The van der Waals surface area contributed by atoms with Crippen LogP contribution in [0.3, 0.4) is 0 Å². The van der Waals surface area contributed by atoms with E-state index < -0.39 is 10.0 Å². The van der Waals surface area contributed by atoms with Crippen LogP contribution in [0.5, 0.6) is 17.4 Å². The quantitative estimate of drug-likeness (QED) is 0.755. The Labute approximate surface area is 152 Å². The standard InChI is InChI=1S/C17H21N3O5S/c1-23-15-8-7-14(11-16(15)24-2)26(21,22)20-10-4-5-13(12-20)25-17-6-3-9-18-19-17/h3,6-9,11,13H,4-5,10,12H2,1-2H3. The summed E-state index contributed by atoms with van der Waals surface area (Å²) in [6.07, 6.45) is 2.75. The van der Waals surface area contributed by atoms with E-state index >= 15 is 0 Å². The molecule has 2 aromatic rings. The number of piperidine rings is 1. The van der Waals surface area contributed by atoms with Crippen molar-refractivity contribution in [3.05, 3.63) is 36.5 Å². The molecule has 1 aromatic heterocycles. The first-order valence-corrected chi connectivity index (χ1v) is 9.65. The van der Waals surface area contributed by atoms with Crippen molar-refractivity contribution >= 4 is 10.0 Å². The summed E-state index contributed by atoms with van der Waals surface area (Å²) in [7, 11) is -0.686. The fourth-order valence-electron chi connectivity index (χ4n) is 2.87. The third-order valence-corrected chi connectivity index (χ3v) is 6.03. The average molecular weight is 379 g/mol. The predicted molar refractivity (Wildman–Crippen MR) is 94.0 cm³/mol. The Bertz CT molecular complexity index is 845. The highest BCUT2D eigenvalue weighted by Gasteiger charge is 2.32. The Morgan fingerprint density at radius 1 is 1.15 bits per heavy atom. The van der Waals surface area contributed by atoms with Gasteiger partial charge in [0, 0.05) is 24.9 Å². The van der Waals surface area contributed by atoms with Crippen LogP contribution in [-0.2, 0) is 10.0 Å². The molecule has 0 spiro atoms. The maximum absolute atomic E-state index is 13.0. The fraction of sp³-hybridized carbons (Fsp3) is 0.412. The lowest BCUT2D eigenvalue weighted by Crippen LogP contribution is -2.44. The van der Waals surface area contributed by atoms with Crippen molar-refractivity contribution in [1.82, 2.24) is 14.5 Å². The highest BCUT2D eigenvalue weighted by atomic mass is 32.2. The molecule has 9 heteroatoms. The Morgan fingerprint density at radius 2 is 1.96 bits per heavy atom. The summed E-state index contributed by atoms with van der Waals surface area (Å²) in [4.78, 5) is 0.162. The molecule has 1 aliphatic heterocycles. The molecule has 1 unspecified atom stereocenters. The number of rotatable bonds is 6. The maximum atomic E-state index is 13.0. The van der Waals surface area contributed by atoms with E-state index in [2.05, 4.69) is 10.2 Å². The molecule has 0 N–H and O–H groups in total. The topological polar surface area (TPSA) is 90.9 Å². The van der Waals surface area contributed by atoms with Gasteiger partial charge >= 0.3 is 0 Å². The van der Waals surface area contributed by atoms with Gasteiger partial charge in [0.1, 0.15) is 6.10 Å². The minimum atomic E-state index is -3.66. The largest absolute Gasteiger partial charge is 0.493 e. The molecule has 3 rings (SSSR count). The Kier molecular flexibility index (Phi) is 5.58. The first-order valence-electron chi connectivity index (χ1n) is 8.21. The zero-order valence-corrected chi connectivity index (χ0v) is 15.5. The molecule has 1 atom stereocenters. The van der Waals surface area contributed by atoms with Crippen LogP contribution in [0, 0.1) is 0 Å². The summed E-state index contributed by atoms with van der Waals surface area (Å²) in [6.45, 7) is 0.699. The lowest BCUT2D eigenvalue weighted by Gasteiger charge is -2.31. The molecule has 0 saturated carbocycles. The molecule has 140 valence electrons. The Morgan fingerprint density at radius 3 is 2.65 bits per heavy atom. The molecule has 0 radical (unpaired) electrons. The smallest absolute Gasteiger partial charge is 0.243 e. The second-order valence-electron chi connectivity index (χ2n) is 5.82. The van der Waals surface area contributed by atoms with Crippen LogP contribution >= 0.6 is 0 Å². The number of hydrogen-bond donors (Lipinski definition) is 0. The monoisotopic (exact) mass is 379 g/mol. The minimum absolute atomic E-state index is 0.162. The number of methoxy groups -OCH3 is 2. The van der Waals surface area contributed by atoms with Crippen LogP contribution in [-0.4, -0.2) is 56.3 Å². The highest BCUT2D eigenvalue weighted by molar-refractivity contribution is 7.89. The molecule has 1 aromatic carbocycles. The van der Waals surface area contributed by atoms with Gasteiger partial charge < -0.3 is 14.2 Å². The zero-order chi connectivity index (χ0) is 18.6. The zero-order valence-electron chi connectivity index (χ0n) is 14.7. The molecule has 2 heterocycles. The van der Waals surface area contributed by atoms with Gasteiger partial charge in [-0.15, -0.1) is 5.10 Å². The van der Waals surface area contributed by atoms with Gasteiger partial charge in [-0.1, -0.05) is 0 Å². The van der Waals surface area contributed by atoms with Crippen molar-refractivity contribution in [2.24, 2.45) is 0 Å². The predicted octanol–water partition coefficient (Wildman–Crippen LogP) is 1.73. The van der Waals surface area contributed by atoms with Gasteiger partial charge in [-0.3, -0.25) is 0 Å². The van der Waals surface area contributed by atoms with Crippen molar-refractivity contribution in [1.29, 1.82) is 0 Å². The molecular formula is C17H21N3O5S. The average Bonchev–Trinajstić information content (AvgIpc) is 2.68. The van der Waals surface area contributed by atoms with Crippen LogP contribution in [0.1, 0.15) is 12.8 Å². The lowest BCUT2D eigenvalue weighted by atomic mass is 10.1. The van der Waals surface area contributed by atoms with Gasteiger partial charge in [0.25, 0.3) is 0 Å². The molecule has 0 amide bonds. The van der Waals surface area contributed by atoms with Gasteiger partial charge in [0.05, 0.1) is 25.7 Å². The third kappa shape index (κ3) is 3.88. The van der Waals surface area contributed by atoms with E-state index in [0.29, 0.717) is 30.3 Å². The summed E-state index contributed by atoms with van der Waals surface area (Å²) in [5, 5.41) is 7.66. The first kappa shape index (κ1) is 18.4. The first-order chi connectivity index (χ1) is 12.5. The van der Waals surface area contributed by atoms with Crippen LogP contribution in [0.15, 0.2) is 41.4 Å². The van der Waals surface area contributed by atoms with E-state index in [1.807, 2.05) is 0 Å². The summed E-state index contributed by atoms with van der Waals surface area (Å²) in [5.74, 6) is 1.25. The molecular weight excluding hydrogens is 358 g/mol. The van der Waals surface area contributed by atoms with Gasteiger partial charge in [-0.05, 0) is 31.0 Å². The number of benzene rings is 1. The van der Waals surface area contributed by atoms with E-state index in [9.17, 15) is 8.42 Å². The SMILES string of the molecule is COc1ccc(S(=O)(=O)N2CCCC(Oc3cccnn3)C2)cc1OC. The summed E-state index contributed by atoms with van der Waals surface area (Å²) in [5.41, 5.74) is 0. The van der Waals surface area contributed by atoms with Gasteiger partial charge in [-0.25, -0.2) is 8.42 Å². The van der Waals surface area contributed by atoms with Gasteiger partial charge in [-0.2, -0.15) is 9.40 Å². The minimum Gasteiger partial charge on any atom is -0.493 e. The van der Waals surface area contributed by atoms with Crippen molar-refractivity contribution in [3.8, 4) is 17.4 Å². The second kappa shape index (κ2) is 7.88. The third-order valence-electron chi connectivity index (χ3n) is 4.17. The van der Waals surface area contributed by atoms with Crippen molar-refractivity contribution in [2.75, 3.05) is 27.3 Å². The number of sulfonamides is 1. The van der Waals surface area contributed by atoms with E-state index in [1.165, 1.54) is 30.7 Å². The fourth-order valence-corrected chi connectivity index (χ4v) is 4.39. The molecule has 0 aliphatic carbocycles. The lowest BCUT2D eigenvalue weighted by molar-refractivity contribution is 0.123. The van der Waals surface area contributed by atoms with Gasteiger partial charge in [0.15, 0.2) is 11.5 Å². The van der Waals surface area contributed by atoms with Gasteiger partial charge in [0.2, 0.25) is 15.9 Å². The van der Waals surface area contributed by atoms with Crippen LogP contribution in [0.25, 0.3) is 0 Å². The molecule has 8 nitrogen and oxygen atoms in total. The highest BCUT2D eigenvalue weighted by Crippen LogP contribution is 2.31. The molecule has 0 bridgehead atoms. The van der Waals surface area contributed by atoms with Crippen LogP contribution in [0.4, 0.5) is 0 Å². The van der Waals surface area contributed by atoms with Crippen molar-refractivity contribution in [3.63, 3.8) is 0 Å². The van der Waals surface area contributed by atoms with E-state index in [-0.39, 0.29) is 17.5 Å². The molecule has 26 heavy (non-hydrogen) atoms. The molecule has 1 saturated heterocycles. The number of hydrogen-bond acceptors (Lipinski definition) is 7. The second-order valence-corrected chi connectivity index (χ2v) is 7.76. The Hall–Kier alpha value is -2.39. The molecule has 1 fully saturated rings. The molecule has 1 aliphatic rings. The van der Waals surface area contributed by atoms with E-state index in [0.717, 1.165) is 6.42 Å². The van der Waals surface area contributed by atoms with Crippen molar-refractivity contribution in [2.45, 2.75) is 23.8 Å². The maximum Gasteiger partial charge on any atom is 0.243 e. The summed E-state index contributed by atoms with van der Waals surface area (Å²) >= 11 is 0. The Balaban J connectivity index is 1.78. The number of nitrogens with zero attached hydrogens (tertiary/aromatic N) is 3. The normalized spacial score (nSPS) is 18.3. The summed E-state index contributed by atoms with van der Waals surface area (Å²) in [6, 6.07) is 8.01. The van der Waals surface area contributed by atoms with Crippen LogP contribution in [0.2, 0.25) is 0 Å². The number of aromatic nitrogens is 2. The van der Waals surface area contributed by atoms with Crippen molar-refractivity contribution < 1.29 is 22.6 Å². The van der Waals surface area contributed by atoms with E-state index in [1.54, 1.807) is 24.4 Å². The number of ether oxygens (including phenoxy) is 3. The van der Waals surface area contributed by atoms with Crippen LogP contribution < -0.4 is 14.2 Å². The summed E-state index contributed by atoms with van der Waals surface area (Å²) < 4.78 is 43.6.